The normalized spacial score (nSPS) is 14.9. The molecule has 0 aromatic heterocycles. The lowest BCUT2D eigenvalue weighted by atomic mass is 9.90. The molecule has 2 nitrogen and oxygen atoms in total. The highest BCUT2D eigenvalue weighted by Crippen LogP contribution is 2.18. The topological polar surface area (TPSA) is 38.0 Å². The van der Waals surface area contributed by atoms with Crippen LogP contribution in [0.15, 0.2) is 0 Å². The molecular formula is C11H22N2. The standard InChI is InChI=1S/C11H22N2/c1-4-7-9-10(6-3)11(13-12)8-5-2/h2,10-11,13H,4,6-9,12H2,1,3H3. The predicted molar refractivity (Wildman–Crippen MR) is 57.9 cm³/mol. The molecule has 0 aliphatic rings. The minimum Gasteiger partial charge on any atom is -0.271 e. The van der Waals surface area contributed by atoms with Crippen molar-refractivity contribution in [3.63, 3.8) is 0 Å². The number of hydrazine groups is 1. The lowest BCUT2D eigenvalue weighted by molar-refractivity contribution is 0.324. The van der Waals surface area contributed by atoms with Gasteiger partial charge >= 0.3 is 0 Å². The highest BCUT2D eigenvalue weighted by Gasteiger charge is 2.16. The molecule has 0 amide bonds. The number of rotatable bonds is 7. The van der Waals surface area contributed by atoms with Gasteiger partial charge in [-0.25, -0.2) is 0 Å². The van der Waals surface area contributed by atoms with E-state index in [2.05, 4.69) is 25.2 Å². The van der Waals surface area contributed by atoms with Crippen molar-refractivity contribution in [2.45, 2.75) is 52.0 Å². The van der Waals surface area contributed by atoms with Crippen LogP contribution >= 0.6 is 0 Å². The van der Waals surface area contributed by atoms with Crippen molar-refractivity contribution in [2.24, 2.45) is 11.8 Å². The molecule has 76 valence electrons. The number of nitrogens with one attached hydrogen (secondary N) is 1. The number of hydrogen-bond acceptors (Lipinski definition) is 2. The summed E-state index contributed by atoms with van der Waals surface area (Å²) >= 11 is 0. The fourth-order valence-corrected chi connectivity index (χ4v) is 1.64. The Balaban J connectivity index is 3.93. The van der Waals surface area contributed by atoms with Crippen molar-refractivity contribution < 1.29 is 0 Å². The van der Waals surface area contributed by atoms with E-state index in [-0.39, 0.29) is 0 Å². The zero-order chi connectivity index (χ0) is 10.1. The van der Waals surface area contributed by atoms with Crippen LogP contribution in [0.25, 0.3) is 0 Å². The fraction of sp³-hybridized carbons (Fsp3) is 0.818. The zero-order valence-corrected chi connectivity index (χ0v) is 8.84. The van der Waals surface area contributed by atoms with Crippen LogP contribution < -0.4 is 11.3 Å². The predicted octanol–water partition coefficient (Wildman–Crippen LogP) is 2.06. The summed E-state index contributed by atoms with van der Waals surface area (Å²) in [4.78, 5) is 0. The molecule has 2 atom stereocenters. The molecule has 0 radical (unpaired) electrons. The van der Waals surface area contributed by atoms with Gasteiger partial charge in [-0.15, -0.1) is 12.3 Å². The van der Waals surface area contributed by atoms with Crippen LogP contribution in [0.5, 0.6) is 0 Å². The van der Waals surface area contributed by atoms with Crippen LogP contribution in [0, 0.1) is 18.3 Å². The van der Waals surface area contributed by atoms with Crippen LogP contribution in [0.2, 0.25) is 0 Å². The van der Waals surface area contributed by atoms with E-state index in [1.807, 2.05) is 0 Å². The first kappa shape index (κ1) is 12.5. The number of unbranched alkanes of at least 4 members (excludes halogenated alkanes) is 1. The Morgan fingerprint density at radius 2 is 2.15 bits per heavy atom. The van der Waals surface area contributed by atoms with E-state index in [0.29, 0.717) is 12.0 Å². The SMILES string of the molecule is C#CCC(NN)C(CC)CCCC. The second-order valence-electron chi connectivity index (χ2n) is 3.49. The Kier molecular flexibility index (Phi) is 7.77. The molecule has 0 aromatic rings. The minimum atomic E-state index is 0.293. The zero-order valence-electron chi connectivity index (χ0n) is 8.84. The first-order valence-electron chi connectivity index (χ1n) is 5.19. The third-order valence-electron chi connectivity index (χ3n) is 2.57. The second kappa shape index (κ2) is 8.10. The smallest absolute Gasteiger partial charge is 0.0347 e. The summed E-state index contributed by atoms with van der Waals surface area (Å²) < 4.78 is 0. The van der Waals surface area contributed by atoms with Gasteiger partial charge in [-0.2, -0.15) is 0 Å². The van der Waals surface area contributed by atoms with Crippen molar-refractivity contribution in [2.75, 3.05) is 0 Å². The molecule has 13 heavy (non-hydrogen) atoms. The van der Waals surface area contributed by atoms with Crippen LogP contribution in [-0.2, 0) is 0 Å². The largest absolute Gasteiger partial charge is 0.271 e. The lowest BCUT2D eigenvalue weighted by Gasteiger charge is -2.23. The van der Waals surface area contributed by atoms with Gasteiger partial charge in [-0.3, -0.25) is 11.3 Å². The van der Waals surface area contributed by atoms with Crippen molar-refractivity contribution in [3.05, 3.63) is 0 Å². The maximum Gasteiger partial charge on any atom is 0.0347 e. The lowest BCUT2D eigenvalue weighted by Crippen LogP contribution is -2.40. The van der Waals surface area contributed by atoms with Crippen molar-refractivity contribution in [3.8, 4) is 12.3 Å². The molecule has 0 aromatic carbocycles. The number of nitrogens with two attached hydrogens (primary N) is 1. The van der Waals surface area contributed by atoms with E-state index >= 15 is 0 Å². The molecule has 0 rings (SSSR count). The Bertz CT molecular complexity index is 149. The summed E-state index contributed by atoms with van der Waals surface area (Å²) in [6.07, 6.45) is 10.9. The van der Waals surface area contributed by atoms with Gasteiger partial charge in [0.1, 0.15) is 0 Å². The average molecular weight is 182 g/mol. The Morgan fingerprint density at radius 3 is 2.54 bits per heavy atom. The Morgan fingerprint density at radius 1 is 1.46 bits per heavy atom. The molecular weight excluding hydrogens is 160 g/mol. The highest BCUT2D eigenvalue weighted by molar-refractivity contribution is 4.91. The van der Waals surface area contributed by atoms with Gasteiger partial charge in [0.2, 0.25) is 0 Å². The quantitative estimate of drug-likeness (QED) is 0.359. The molecule has 0 bridgehead atoms. The van der Waals surface area contributed by atoms with Crippen LogP contribution in [0.3, 0.4) is 0 Å². The summed E-state index contributed by atoms with van der Waals surface area (Å²) in [5.74, 6) is 8.75. The van der Waals surface area contributed by atoms with E-state index in [1.54, 1.807) is 0 Å². The molecule has 0 spiro atoms. The highest BCUT2D eigenvalue weighted by atomic mass is 15.2. The molecule has 0 aliphatic carbocycles. The van der Waals surface area contributed by atoms with E-state index < -0.39 is 0 Å². The molecule has 0 heterocycles. The van der Waals surface area contributed by atoms with E-state index in [1.165, 1.54) is 19.3 Å². The van der Waals surface area contributed by atoms with E-state index in [9.17, 15) is 0 Å². The summed E-state index contributed by atoms with van der Waals surface area (Å²) in [7, 11) is 0. The van der Waals surface area contributed by atoms with Gasteiger partial charge in [0.05, 0.1) is 0 Å². The van der Waals surface area contributed by atoms with E-state index in [0.717, 1.165) is 12.8 Å². The number of terminal acetylenes is 1. The summed E-state index contributed by atoms with van der Waals surface area (Å²) in [6, 6.07) is 0.293. The Labute approximate surface area is 82.2 Å². The molecule has 3 N–H and O–H groups in total. The van der Waals surface area contributed by atoms with Gasteiger partial charge in [0.15, 0.2) is 0 Å². The summed E-state index contributed by atoms with van der Waals surface area (Å²) in [5, 5.41) is 0. The third kappa shape index (κ3) is 4.92. The maximum absolute atomic E-state index is 5.46. The summed E-state index contributed by atoms with van der Waals surface area (Å²) in [6.45, 7) is 4.40. The maximum atomic E-state index is 5.46. The number of hydrogen-bond donors (Lipinski definition) is 2. The van der Waals surface area contributed by atoms with Gasteiger partial charge < -0.3 is 0 Å². The Hall–Kier alpha value is -0.520. The van der Waals surface area contributed by atoms with Crippen molar-refractivity contribution >= 4 is 0 Å². The third-order valence-corrected chi connectivity index (χ3v) is 2.57. The molecule has 0 aliphatic heterocycles. The van der Waals surface area contributed by atoms with Gasteiger partial charge in [-0.05, 0) is 12.3 Å². The molecule has 2 heteroatoms. The fourth-order valence-electron chi connectivity index (χ4n) is 1.64. The molecule has 0 saturated heterocycles. The van der Waals surface area contributed by atoms with Crippen LogP contribution in [0.4, 0.5) is 0 Å². The van der Waals surface area contributed by atoms with Crippen molar-refractivity contribution in [1.82, 2.24) is 5.43 Å². The van der Waals surface area contributed by atoms with Gasteiger partial charge in [0, 0.05) is 12.5 Å². The summed E-state index contributed by atoms with van der Waals surface area (Å²) in [5.41, 5.74) is 2.82. The first-order valence-corrected chi connectivity index (χ1v) is 5.19. The molecule has 2 unspecified atom stereocenters. The van der Waals surface area contributed by atoms with Crippen LogP contribution in [0.1, 0.15) is 46.0 Å². The average Bonchev–Trinajstić information content (AvgIpc) is 2.17. The van der Waals surface area contributed by atoms with Crippen molar-refractivity contribution in [1.29, 1.82) is 0 Å². The molecule has 0 fully saturated rings. The van der Waals surface area contributed by atoms with E-state index in [4.69, 9.17) is 12.3 Å². The monoisotopic (exact) mass is 182 g/mol. The van der Waals surface area contributed by atoms with Gasteiger partial charge in [0.25, 0.3) is 0 Å². The molecule has 0 saturated carbocycles. The first-order chi connectivity index (χ1) is 6.29. The second-order valence-corrected chi connectivity index (χ2v) is 3.49. The van der Waals surface area contributed by atoms with Crippen LogP contribution in [-0.4, -0.2) is 6.04 Å². The minimum absolute atomic E-state index is 0.293. The van der Waals surface area contributed by atoms with Gasteiger partial charge in [-0.1, -0.05) is 33.1 Å².